The Morgan fingerprint density at radius 2 is 2.04 bits per heavy atom. The number of rotatable bonds is 2. The zero-order valence-corrected chi connectivity index (χ0v) is 14.3. The molecule has 2 N–H and O–H groups in total. The average molecular weight is 340 g/mol. The Kier molecular flexibility index (Phi) is 5.32. The number of Topliss-reactive ketones (excluding diaryl/α,β-unsaturated/α-hetero) is 1. The molecule has 1 aromatic carbocycles. The summed E-state index contributed by atoms with van der Waals surface area (Å²) in [6, 6.07) is 5.05. The molecule has 1 amide bonds. The van der Waals surface area contributed by atoms with E-state index in [2.05, 4.69) is 5.32 Å². The fourth-order valence-corrected chi connectivity index (χ4v) is 3.04. The zero-order chi connectivity index (χ0) is 17.2. The lowest BCUT2D eigenvalue weighted by Gasteiger charge is -2.27. The highest BCUT2D eigenvalue weighted by molar-refractivity contribution is 6.32. The Labute approximate surface area is 141 Å². The summed E-state index contributed by atoms with van der Waals surface area (Å²) in [6.07, 6.45) is 0.218. The molecule has 0 aromatic heterocycles. The maximum atomic E-state index is 12.3. The molecule has 5 nitrogen and oxygen atoms in total. The number of hydrogen-bond acceptors (Lipinski definition) is 4. The average Bonchev–Trinajstić information content (AvgIpc) is 2.41. The number of aliphatic hydroxyl groups is 1. The first kappa shape index (κ1) is 17.8. The summed E-state index contributed by atoms with van der Waals surface area (Å²) in [7, 11) is 0. The van der Waals surface area contributed by atoms with Crippen molar-refractivity contribution in [2.45, 2.75) is 57.7 Å². The highest BCUT2D eigenvalue weighted by Crippen LogP contribution is 2.38. The summed E-state index contributed by atoms with van der Waals surface area (Å²) >= 11 is 6.27. The minimum Gasteiger partial charge on any atom is -0.444 e. The molecule has 0 aliphatic heterocycles. The van der Waals surface area contributed by atoms with Gasteiger partial charge in [-0.25, -0.2) is 4.79 Å². The van der Waals surface area contributed by atoms with Gasteiger partial charge in [0.1, 0.15) is 11.7 Å². The summed E-state index contributed by atoms with van der Waals surface area (Å²) in [5.41, 5.74) is 0.364. The van der Waals surface area contributed by atoms with Gasteiger partial charge in [0.15, 0.2) is 5.78 Å². The van der Waals surface area contributed by atoms with E-state index in [1.807, 2.05) is 0 Å². The number of ether oxygens (including phenoxy) is 1. The molecule has 126 valence electrons. The van der Waals surface area contributed by atoms with E-state index in [-0.39, 0.29) is 5.78 Å². The molecule has 1 aliphatic carbocycles. The topological polar surface area (TPSA) is 75.6 Å². The quantitative estimate of drug-likeness (QED) is 0.857. The minimum absolute atomic E-state index is 0.253. The molecule has 2 rings (SSSR count). The highest BCUT2D eigenvalue weighted by atomic mass is 35.5. The van der Waals surface area contributed by atoms with E-state index in [1.54, 1.807) is 39.0 Å². The predicted molar refractivity (Wildman–Crippen MR) is 88.9 cm³/mol. The number of benzene rings is 1. The summed E-state index contributed by atoms with van der Waals surface area (Å²) in [5.74, 6) is -0.769. The Morgan fingerprint density at radius 3 is 2.70 bits per heavy atom. The van der Waals surface area contributed by atoms with Crippen LogP contribution in [0, 0.1) is 0 Å². The van der Waals surface area contributed by atoms with Gasteiger partial charge in [0, 0.05) is 22.2 Å². The standard InChI is InChI=1S/C17H22ClNO4/c1-17(2,3)23-16(22)19-12-8-5-7-11(18)14(12)10-6-4-9-13(20)15(10)21/h5,7-8,10,13,20H,4,6,9H2,1-3H3,(H,19,22)/t10-,13+/m0/s1. The summed E-state index contributed by atoms with van der Waals surface area (Å²) < 4.78 is 5.24. The van der Waals surface area contributed by atoms with Crippen molar-refractivity contribution < 1.29 is 19.4 Å². The summed E-state index contributed by atoms with van der Waals surface area (Å²) in [4.78, 5) is 24.3. The Morgan fingerprint density at radius 1 is 1.35 bits per heavy atom. The van der Waals surface area contributed by atoms with Gasteiger partial charge in [0.05, 0.1) is 0 Å². The maximum Gasteiger partial charge on any atom is 0.412 e. The van der Waals surface area contributed by atoms with Crippen molar-refractivity contribution in [1.29, 1.82) is 0 Å². The van der Waals surface area contributed by atoms with Crippen LogP contribution in [0.25, 0.3) is 0 Å². The normalized spacial score (nSPS) is 21.9. The van der Waals surface area contributed by atoms with Crippen LogP contribution in [0.5, 0.6) is 0 Å². The van der Waals surface area contributed by atoms with Gasteiger partial charge in [-0.15, -0.1) is 0 Å². The second-order valence-corrected chi connectivity index (χ2v) is 7.14. The molecule has 0 radical (unpaired) electrons. The molecule has 0 unspecified atom stereocenters. The molecule has 0 bridgehead atoms. The fraction of sp³-hybridized carbons (Fsp3) is 0.529. The van der Waals surface area contributed by atoms with E-state index in [0.717, 1.165) is 6.42 Å². The number of anilines is 1. The van der Waals surface area contributed by atoms with Crippen LogP contribution >= 0.6 is 11.6 Å². The van der Waals surface area contributed by atoms with Crippen molar-refractivity contribution in [3.63, 3.8) is 0 Å². The zero-order valence-electron chi connectivity index (χ0n) is 13.6. The van der Waals surface area contributed by atoms with Gasteiger partial charge in [-0.1, -0.05) is 17.7 Å². The number of halogens is 1. The number of carbonyl (C=O) groups is 2. The van der Waals surface area contributed by atoms with Crippen LogP contribution in [0.4, 0.5) is 10.5 Å². The number of hydrogen-bond donors (Lipinski definition) is 2. The van der Waals surface area contributed by atoms with Crippen molar-refractivity contribution in [1.82, 2.24) is 0 Å². The number of carbonyl (C=O) groups excluding carboxylic acids is 2. The van der Waals surface area contributed by atoms with E-state index in [1.165, 1.54) is 0 Å². The minimum atomic E-state index is -0.973. The SMILES string of the molecule is CC(C)(C)OC(=O)Nc1cccc(Cl)c1[C@@H]1CCC[C@@H](O)C1=O. The second-order valence-electron chi connectivity index (χ2n) is 6.73. The van der Waals surface area contributed by atoms with Crippen LogP contribution in [0.15, 0.2) is 18.2 Å². The fourth-order valence-electron chi connectivity index (χ4n) is 2.73. The van der Waals surface area contributed by atoms with Gasteiger partial charge in [-0.2, -0.15) is 0 Å². The van der Waals surface area contributed by atoms with Crippen molar-refractivity contribution in [2.24, 2.45) is 0 Å². The van der Waals surface area contributed by atoms with Crippen LogP contribution in [0.2, 0.25) is 5.02 Å². The van der Waals surface area contributed by atoms with E-state index in [9.17, 15) is 14.7 Å². The van der Waals surface area contributed by atoms with Crippen LogP contribution in [0.1, 0.15) is 51.5 Å². The molecule has 2 atom stereocenters. The van der Waals surface area contributed by atoms with E-state index in [4.69, 9.17) is 16.3 Å². The lowest BCUT2D eigenvalue weighted by Crippen LogP contribution is -2.32. The number of nitrogens with one attached hydrogen (secondary N) is 1. The first-order valence-corrected chi connectivity index (χ1v) is 8.07. The van der Waals surface area contributed by atoms with Crippen LogP contribution in [-0.2, 0) is 9.53 Å². The van der Waals surface area contributed by atoms with Crippen molar-refractivity contribution in [2.75, 3.05) is 5.32 Å². The van der Waals surface area contributed by atoms with E-state index < -0.39 is 23.7 Å². The van der Waals surface area contributed by atoms with Crippen molar-refractivity contribution in [3.05, 3.63) is 28.8 Å². The largest absolute Gasteiger partial charge is 0.444 e. The smallest absolute Gasteiger partial charge is 0.412 e. The van der Waals surface area contributed by atoms with Gasteiger partial charge in [0.25, 0.3) is 0 Å². The van der Waals surface area contributed by atoms with Crippen LogP contribution < -0.4 is 5.32 Å². The van der Waals surface area contributed by atoms with Gasteiger partial charge >= 0.3 is 6.09 Å². The monoisotopic (exact) mass is 339 g/mol. The number of aliphatic hydroxyl groups excluding tert-OH is 1. The molecule has 1 aromatic rings. The molecule has 1 aliphatic rings. The maximum absolute atomic E-state index is 12.3. The Bertz CT molecular complexity index is 609. The van der Waals surface area contributed by atoms with Crippen molar-refractivity contribution in [3.8, 4) is 0 Å². The molecule has 0 heterocycles. The molecule has 0 saturated heterocycles. The molecule has 1 fully saturated rings. The Hall–Kier alpha value is -1.59. The first-order chi connectivity index (χ1) is 10.7. The lowest BCUT2D eigenvalue weighted by molar-refractivity contribution is -0.131. The van der Waals surface area contributed by atoms with Crippen LogP contribution in [-0.4, -0.2) is 28.7 Å². The van der Waals surface area contributed by atoms with E-state index in [0.29, 0.717) is 29.1 Å². The van der Waals surface area contributed by atoms with Gasteiger partial charge in [-0.3, -0.25) is 10.1 Å². The summed E-state index contributed by atoms with van der Waals surface area (Å²) in [5, 5.41) is 12.9. The third-order valence-corrected chi connectivity index (χ3v) is 4.01. The number of amides is 1. The summed E-state index contributed by atoms with van der Waals surface area (Å²) in [6.45, 7) is 5.31. The molecule has 1 saturated carbocycles. The van der Waals surface area contributed by atoms with Crippen molar-refractivity contribution >= 4 is 29.2 Å². The predicted octanol–water partition coefficient (Wildman–Crippen LogP) is 3.88. The molecule has 23 heavy (non-hydrogen) atoms. The lowest BCUT2D eigenvalue weighted by atomic mass is 9.80. The molecule has 6 heteroatoms. The van der Waals surface area contributed by atoms with Gasteiger partial charge in [-0.05, 0) is 52.2 Å². The van der Waals surface area contributed by atoms with Gasteiger partial charge in [0.2, 0.25) is 0 Å². The van der Waals surface area contributed by atoms with Crippen LogP contribution in [0.3, 0.4) is 0 Å². The van der Waals surface area contributed by atoms with E-state index >= 15 is 0 Å². The third-order valence-electron chi connectivity index (χ3n) is 3.68. The molecule has 0 spiro atoms. The molecular weight excluding hydrogens is 318 g/mol. The van der Waals surface area contributed by atoms with Gasteiger partial charge < -0.3 is 9.84 Å². The first-order valence-electron chi connectivity index (χ1n) is 7.69. The molecular formula is C17H22ClNO4. The third kappa shape index (κ3) is 4.45. The second kappa shape index (κ2) is 6.89. The highest BCUT2D eigenvalue weighted by Gasteiger charge is 2.34. The Balaban J connectivity index is 2.29. The number of ketones is 1.